The molecule has 0 bridgehead atoms. The smallest absolute Gasteiger partial charge is 0.262 e. The van der Waals surface area contributed by atoms with E-state index < -0.39 is 32.2 Å². The van der Waals surface area contributed by atoms with Crippen LogP contribution < -0.4 is 10.0 Å². The lowest BCUT2D eigenvalue weighted by atomic mass is 9.92. The predicted octanol–water partition coefficient (Wildman–Crippen LogP) is 4.35. The van der Waals surface area contributed by atoms with Crippen LogP contribution >= 0.6 is 35.8 Å². The van der Waals surface area contributed by atoms with Gasteiger partial charge in [0.25, 0.3) is 15.9 Å². The molecule has 0 radical (unpaired) electrons. The first-order valence-electron chi connectivity index (χ1n) is 14.6. The molecule has 3 rings (SSSR count). The van der Waals surface area contributed by atoms with E-state index in [4.69, 9.17) is 23.2 Å². The third kappa shape index (κ3) is 9.83. The molecule has 0 fully saturated rings. The number of rotatable bonds is 15. The maximum atomic E-state index is 13.6. The van der Waals surface area contributed by atoms with Crippen LogP contribution in [0.3, 0.4) is 0 Å². The van der Waals surface area contributed by atoms with Gasteiger partial charge in [-0.15, -0.1) is 0 Å². The number of sulfonamides is 1. The van der Waals surface area contributed by atoms with Gasteiger partial charge in [-0.3, -0.25) is 14.4 Å². The van der Waals surface area contributed by atoms with Gasteiger partial charge in [-0.05, 0) is 54.2 Å². The molecule has 0 saturated heterocycles. The van der Waals surface area contributed by atoms with E-state index in [1.165, 1.54) is 0 Å². The second-order valence-corrected chi connectivity index (χ2v) is 14.5. The lowest BCUT2D eigenvalue weighted by Crippen LogP contribution is -2.49. The van der Waals surface area contributed by atoms with Gasteiger partial charge in [-0.1, -0.05) is 84.7 Å². The van der Waals surface area contributed by atoms with E-state index in [0.717, 1.165) is 12.5 Å². The predicted molar refractivity (Wildman–Crippen MR) is 181 cm³/mol. The highest BCUT2D eigenvalue weighted by atomic mass is 35.5. The SMILES string of the molecule is CCCC(=O)N(CCNC(=O)[C@@H](CS)Cc1cccc(Cl)c1)CC1=CC=C(c2ccccc2)C(Cl)(S(=O)(=O)NC(=O)[C@H](C)O)C1. The molecular weight excluding hydrogens is 657 g/mol. The van der Waals surface area contributed by atoms with Gasteiger partial charge < -0.3 is 15.3 Å². The molecule has 3 amide bonds. The molecule has 0 heterocycles. The zero-order valence-electron chi connectivity index (χ0n) is 25.2. The summed E-state index contributed by atoms with van der Waals surface area (Å²) in [5.74, 6) is -1.57. The van der Waals surface area contributed by atoms with Crippen molar-refractivity contribution in [2.24, 2.45) is 5.92 Å². The monoisotopic (exact) mass is 695 g/mol. The van der Waals surface area contributed by atoms with Crippen LogP contribution in [-0.2, 0) is 30.8 Å². The van der Waals surface area contributed by atoms with E-state index in [-0.39, 0.29) is 49.9 Å². The van der Waals surface area contributed by atoms with Crippen LogP contribution in [0, 0.1) is 5.92 Å². The second kappa shape index (κ2) is 16.6. The molecule has 1 aliphatic rings. The maximum absolute atomic E-state index is 13.6. The number of carbonyl (C=O) groups is 3. The van der Waals surface area contributed by atoms with Crippen LogP contribution in [0.5, 0.6) is 0 Å². The van der Waals surface area contributed by atoms with Crippen molar-refractivity contribution in [3.63, 3.8) is 0 Å². The van der Waals surface area contributed by atoms with Crippen molar-refractivity contribution in [3.8, 4) is 0 Å². The first-order chi connectivity index (χ1) is 21.3. The number of allylic oxidation sites excluding steroid dienone is 2. The van der Waals surface area contributed by atoms with Gasteiger partial charge in [0.05, 0.1) is 5.92 Å². The molecular formula is C32H39Cl2N3O6S2. The Bertz CT molecular complexity index is 1530. The zero-order chi connectivity index (χ0) is 33.2. The minimum atomic E-state index is -4.57. The number of thiol groups is 1. The Kier molecular flexibility index (Phi) is 13.6. The van der Waals surface area contributed by atoms with Crippen LogP contribution in [0.2, 0.25) is 5.02 Å². The molecule has 2 aromatic rings. The average Bonchev–Trinajstić information content (AvgIpc) is 2.99. The van der Waals surface area contributed by atoms with Crippen molar-refractivity contribution in [2.75, 3.05) is 25.4 Å². The highest BCUT2D eigenvalue weighted by molar-refractivity contribution is 7.93. The first kappa shape index (κ1) is 36.6. The number of halogens is 2. The lowest BCUT2D eigenvalue weighted by Gasteiger charge is -2.35. The molecule has 9 nitrogen and oxygen atoms in total. The van der Waals surface area contributed by atoms with Gasteiger partial charge in [0.2, 0.25) is 11.8 Å². The summed E-state index contributed by atoms with van der Waals surface area (Å²) in [5.41, 5.74) is 2.23. The summed E-state index contributed by atoms with van der Waals surface area (Å²) in [6, 6.07) is 15.9. The van der Waals surface area contributed by atoms with Crippen molar-refractivity contribution >= 4 is 69.1 Å². The van der Waals surface area contributed by atoms with Crippen LogP contribution in [-0.4, -0.2) is 71.8 Å². The van der Waals surface area contributed by atoms with E-state index in [2.05, 4.69) is 17.9 Å². The number of hydrogen-bond acceptors (Lipinski definition) is 7. The molecule has 0 spiro atoms. The summed E-state index contributed by atoms with van der Waals surface area (Å²) >= 11 is 17.4. The Morgan fingerprint density at radius 3 is 2.42 bits per heavy atom. The molecule has 0 saturated carbocycles. The van der Waals surface area contributed by atoms with Crippen molar-refractivity contribution in [3.05, 3.63) is 88.5 Å². The molecule has 244 valence electrons. The number of alkyl halides is 1. The van der Waals surface area contributed by atoms with Gasteiger partial charge in [-0.25, -0.2) is 13.1 Å². The van der Waals surface area contributed by atoms with Crippen molar-refractivity contribution < 1.29 is 27.9 Å². The van der Waals surface area contributed by atoms with Crippen molar-refractivity contribution in [1.82, 2.24) is 14.9 Å². The Morgan fingerprint density at radius 2 is 1.80 bits per heavy atom. The molecule has 1 unspecified atom stereocenters. The third-order valence-electron chi connectivity index (χ3n) is 7.32. The number of carbonyl (C=O) groups excluding carboxylic acids is 3. The minimum Gasteiger partial charge on any atom is -0.384 e. The van der Waals surface area contributed by atoms with E-state index in [0.29, 0.717) is 34.8 Å². The Labute approximate surface area is 280 Å². The summed E-state index contributed by atoms with van der Waals surface area (Å²) in [7, 11) is -4.57. The summed E-state index contributed by atoms with van der Waals surface area (Å²) in [6.45, 7) is 3.42. The fraction of sp³-hybridized carbons (Fsp3) is 0.406. The van der Waals surface area contributed by atoms with Gasteiger partial charge >= 0.3 is 0 Å². The van der Waals surface area contributed by atoms with Crippen molar-refractivity contribution in [2.45, 2.75) is 49.8 Å². The topological polar surface area (TPSA) is 133 Å². The third-order valence-corrected chi connectivity index (χ3v) is 10.6. The number of nitrogens with one attached hydrogen (secondary N) is 2. The minimum absolute atomic E-state index is 0.0557. The van der Waals surface area contributed by atoms with Crippen LogP contribution in [0.15, 0.2) is 72.3 Å². The van der Waals surface area contributed by atoms with Gasteiger partial charge in [0, 0.05) is 43.3 Å². The van der Waals surface area contributed by atoms with Gasteiger partial charge in [0.1, 0.15) is 6.10 Å². The highest BCUT2D eigenvalue weighted by Gasteiger charge is 2.49. The summed E-state index contributed by atoms with van der Waals surface area (Å²) in [6.07, 6.45) is 2.80. The average molecular weight is 697 g/mol. The first-order valence-corrected chi connectivity index (χ1v) is 17.5. The standard InChI is InChI=1S/C32H39Cl2N3O6S2/c1-3-8-29(39)37(16-15-35-31(41)26(21-44)17-23-9-7-12-27(33)18-23)20-24-13-14-28(25-10-5-4-6-11-25)32(34,19-24)45(42,43)36-30(40)22(2)38/h4-7,9-14,18,22,26,38,44H,3,8,15-17,19-21H2,1-2H3,(H,35,41)(H,36,40)/t22-,26+,32?/m0/s1. The lowest BCUT2D eigenvalue weighted by molar-refractivity contribution is -0.131. The number of hydrogen-bond donors (Lipinski definition) is 4. The summed E-state index contributed by atoms with van der Waals surface area (Å²) < 4.78 is 26.9. The van der Waals surface area contributed by atoms with E-state index in [1.54, 1.807) is 59.5 Å². The number of amides is 3. The van der Waals surface area contributed by atoms with Crippen LogP contribution in [0.1, 0.15) is 44.2 Å². The van der Waals surface area contributed by atoms with E-state index >= 15 is 0 Å². The number of aliphatic hydroxyl groups is 1. The molecule has 0 aromatic heterocycles. The molecule has 45 heavy (non-hydrogen) atoms. The quantitative estimate of drug-likeness (QED) is 0.162. The Balaban J connectivity index is 1.80. The number of benzene rings is 2. The maximum Gasteiger partial charge on any atom is 0.262 e. The Hall–Kier alpha value is -2.83. The molecule has 0 aliphatic heterocycles. The van der Waals surface area contributed by atoms with Crippen molar-refractivity contribution in [1.29, 1.82) is 0 Å². The van der Waals surface area contributed by atoms with Gasteiger partial charge in [-0.2, -0.15) is 12.6 Å². The molecule has 13 heteroatoms. The number of aliphatic hydroxyl groups excluding tert-OH is 1. The fourth-order valence-corrected chi connectivity index (χ4v) is 7.32. The van der Waals surface area contributed by atoms with E-state index in [1.807, 2.05) is 23.8 Å². The molecule has 2 aromatic carbocycles. The zero-order valence-corrected chi connectivity index (χ0v) is 28.4. The molecule has 3 N–H and O–H groups in total. The Morgan fingerprint density at radius 1 is 1.09 bits per heavy atom. The number of nitrogens with zero attached hydrogens (tertiary/aromatic N) is 1. The summed E-state index contributed by atoms with van der Waals surface area (Å²) in [4.78, 5) is 39.9. The summed E-state index contributed by atoms with van der Waals surface area (Å²) in [5, 5.41) is 13.1. The fourth-order valence-electron chi connectivity index (χ4n) is 4.90. The second-order valence-electron chi connectivity index (χ2n) is 10.9. The van der Waals surface area contributed by atoms with Crippen LogP contribution in [0.25, 0.3) is 5.57 Å². The van der Waals surface area contributed by atoms with Crippen LogP contribution in [0.4, 0.5) is 0 Å². The highest BCUT2D eigenvalue weighted by Crippen LogP contribution is 2.45. The largest absolute Gasteiger partial charge is 0.384 e. The molecule has 1 aliphatic carbocycles. The normalized spacial score (nSPS) is 17.8. The van der Waals surface area contributed by atoms with E-state index in [9.17, 15) is 27.9 Å². The molecule has 3 atom stereocenters. The van der Waals surface area contributed by atoms with Gasteiger partial charge in [0.15, 0.2) is 4.21 Å².